The van der Waals surface area contributed by atoms with Crippen LogP contribution in [0.3, 0.4) is 0 Å². The quantitative estimate of drug-likeness (QED) is 0.839. The number of ether oxygens (including phenoxy) is 1. The van der Waals surface area contributed by atoms with Crippen LogP contribution in [0.2, 0.25) is 0 Å². The summed E-state index contributed by atoms with van der Waals surface area (Å²) in [6, 6.07) is 3.60. The van der Waals surface area contributed by atoms with E-state index in [4.69, 9.17) is 9.15 Å². The standard InChI is InChI=1S/C12H20N2O4S/c1-11(4-5-12-3-2-8-18-12)13-19(15,16)14-6-9-17-10-7-14/h2-3,8,11,13H,4-7,9-10H2,1H3. The Hall–Kier alpha value is -0.890. The van der Waals surface area contributed by atoms with Crippen molar-refractivity contribution in [3.63, 3.8) is 0 Å². The van der Waals surface area contributed by atoms with Crippen LogP contribution < -0.4 is 4.72 Å². The molecule has 0 bridgehead atoms. The number of hydrogen-bond donors (Lipinski definition) is 1. The monoisotopic (exact) mass is 288 g/mol. The Bertz CT molecular complexity index is 466. The van der Waals surface area contributed by atoms with E-state index >= 15 is 0 Å². The van der Waals surface area contributed by atoms with Crippen LogP contribution in [-0.4, -0.2) is 45.1 Å². The maximum absolute atomic E-state index is 12.1. The minimum absolute atomic E-state index is 0.127. The number of aryl methyl sites for hydroxylation is 1. The first-order valence-corrected chi connectivity index (χ1v) is 7.89. The Kier molecular flexibility index (Phi) is 4.98. The molecule has 1 aliphatic heterocycles. The molecule has 19 heavy (non-hydrogen) atoms. The Labute approximate surface area is 113 Å². The average Bonchev–Trinajstić information content (AvgIpc) is 2.90. The molecule has 2 heterocycles. The Balaban J connectivity index is 1.81. The zero-order valence-electron chi connectivity index (χ0n) is 11.0. The second-order valence-corrected chi connectivity index (χ2v) is 6.36. The van der Waals surface area contributed by atoms with Crippen LogP contribution in [0.25, 0.3) is 0 Å². The molecule has 1 aromatic rings. The summed E-state index contributed by atoms with van der Waals surface area (Å²) in [5.74, 6) is 0.873. The van der Waals surface area contributed by atoms with Gasteiger partial charge in [0, 0.05) is 25.6 Å². The van der Waals surface area contributed by atoms with E-state index in [1.165, 1.54) is 4.31 Å². The highest BCUT2D eigenvalue weighted by atomic mass is 32.2. The molecule has 0 spiro atoms. The minimum Gasteiger partial charge on any atom is -0.469 e. The lowest BCUT2D eigenvalue weighted by Gasteiger charge is -2.27. The first-order valence-electron chi connectivity index (χ1n) is 6.45. The summed E-state index contributed by atoms with van der Waals surface area (Å²) in [7, 11) is -3.40. The zero-order valence-corrected chi connectivity index (χ0v) is 11.9. The summed E-state index contributed by atoms with van der Waals surface area (Å²) in [5.41, 5.74) is 0. The third kappa shape index (κ3) is 4.31. The molecule has 1 fully saturated rings. The summed E-state index contributed by atoms with van der Waals surface area (Å²) >= 11 is 0. The third-order valence-electron chi connectivity index (χ3n) is 3.06. The second-order valence-electron chi connectivity index (χ2n) is 4.65. The summed E-state index contributed by atoms with van der Waals surface area (Å²) < 4.78 is 38.7. The molecule has 1 unspecified atom stereocenters. The average molecular weight is 288 g/mol. The summed E-state index contributed by atoms with van der Waals surface area (Å²) in [6.07, 6.45) is 3.05. The largest absolute Gasteiger partial charge is 0.469 e. The summed E-state index contributed by atoms with van der Waals surface area (Å²) in [5, 5.41) is 0. The molecule has 1 N–H and O–H groups in total. The molecule has 1 aliphatic rings. The number of morpholine rings is 1. The molecule has 7 heteroatoms. The van der Waals surface area contributed by atoms with Gasteiger partial charge < -0.3 is 9.15 Å². The maximum atomic E-state index is 12.1. The fraction of sp³-hybridized carbons (Fsp3) is 0.667. The van der Waals surface area contributed by atoms with Crippen molar-refractivity contribution in [3.05, 3.63) is 24.2 Å². The molecule has 1 aromatic heterocycles. The van der Waals surface area contributed by atoms with Crippen molar-refractivity contribution >= 4 is 10.2 Å². The number of nitrogens with zero attached hydrogens (tertiary/aromatic N) is 1. The number of furan rings is 1. The number of nitrogens with one attached hydrogen (secondary N) is 1. The normalized spacial score (nSPS) is 19.4. The van der Waals surface area contributed by atoms with E-state index < -0.39 is 10.2 Å². The van der Waals surface area contributed by atoms with Gasteiger partial charge in [-0.3, -0.25) is 0 Å². The summed E-state index contributed by atoms with van der Waals surface area (Å²) in [4.78, 5) is 0. The molecule has 0 saturated carbocycles. The van der Waals surface area contributed by atoms with Crippen LogP contribution in [-0.2, 0) is 21.4 Å². The van der Waals surface area contributed by atoms with Crippen LogP contribution in [0.15, 0.2) is 22.8 Å². The second kappa shape index (κ2) is 6.51. The predicted octanol–water partition coefficient (Wildman–Crippen LogP) is 0.767. The van der Waals surface area contributed by atoms with Crippen molar-refractivity contribution in [3.8, 4) is 0 Å². The first kappa shape index (κ1) is 14.5. The highest BCUT2D eigenvalue weighted by molar-refractivity contribution is 7.87. The van der Waals surface area contributed by atoms with Gasteiger partial charge in [0.15, 0.2) is 0 Å². The fourth-order valence-electron chi connectivity index (χ4n) is 1.99. The molecular formula is C12H20N2O4S. The Morgan fingerprint density at radius 3 is 2.79 bits per heavy atom. The molecule has 108 valence electrons. The van der Waals surface area contributed by atoms with E-state index in [0.29, 0.717) is 32.7 Å². The minimum atomic E-state index is -3.40. The maximum Gasteiger partial charge on any atom is 0.279 e. The predicted molar refractivity (Wildman–Crippen MR) is 70.9 cm³/mol. The molecule has 0 aromatic carbocycles. The molecule has 1 saturated heterocycles. The van der Waals surface area contributed by atoms with Crippen molar-refractivity contribution in [1.82, 2.24) is 9.03 Å². The van der Waals surface area contributed by atoms with E-state index in [2.05, 4.69) is 4.72 Å². The van der Waals surface area contributed by atoms with Gasteiger partial charge in [-0.15, -0.1) is 0 Å². The van der Waals surface area contributed by atoms with Gasteiger partial charge in [0.2, 0.25) is 0 Å². The molecular weight excluding hydrogens is 268 g/mol. The van der Waals surface area contributed by atoms with E-state index in [0.717, 1.165) is 12.2 Å². The lowest BCUT2D eigenvalue weighted by molar-refractivity contribution is 0.0723. The smallest absolute Gasteiger partial charge is 0.279 e. The van der Waals surface area contributed by atoms with Gasteiger partial charge in [0.1, 0.15) is 5.76 Å². The Morgan fingerprint density at radius 1 is 1.42 bits per heavy atom. The van der Waals surface area contributed by atoms with E-state index in [1.54, 1.807) is 6.26 Å². The van der Waals surface area contributed by atoms with Crippen molar-refractivity contribution < 1.29 is 17.6 Å². The topological polar surface area (TPSA) is 71.8 Å². The summed E-state index contributed by atoms with van der Waals surface area (Å²) in [6.45, 7) is 3.62. The fourth-order valence-corrected chi connectivity index (χ4v) is 3.39. The molecule has 6 nitrogen and oxygen atoms in total. The lowest BCUT2D eigenvalue weighted by atomic mass is 10.2. The van der Waals surface area contributed by atoms with Gasteiger partial charge in [0.25, 0.3) is 10.2 Å². The van der Waals surface area contributed by atoms with Gasteiger partial charge in [-0.1, -0.05) is 0 Å². The number of rotatable bonds is 6. The molecule has 0 radical (unpaired) electrons. The third-order valence-corrected chi connectivity index (χ3v) is 4.81. The molecule has 0 aliphatic carbocycles. The van der Waals surface area contributed by atoms with Gasteiger partial charge >= 0.3 is 0 Å². The molecule has 2 rings (SSSR count). The number of hydrogen-bond acceptors (Lipinski definition) is 4. The van der Waals surface area contributed by atoms with Crippen LogP contribution in [0.5, 0.6) is 0 Å². The van der Waals surface area contributed by atoms with Crippen LogP contribution >= 0.6 is 0 Å². The highest BCUT2D eigenvalue weighted by Gasteiger charge is 2.25. The SMILES string of the molecule is CC(CCc1ccco1)NS(=O)(=O)N1CCOCC1. The van der Waals surface area contributed by atoms with Crippen molar-refractivity contribution in [2.45, 2.75) is 25.8 Å². The van der Waals surface area contributed by atoms with Crippen molar-refractivity contribution in [2.24, 2.45) is 0 Å². The highest BCUT2D eigenvalue weighted by Crippen LogP contribution is 2.08. The lowest BCUT2D eigenvalue weighted by Crippen LogP contribution is -2.49. The van der Waals surface area contributed by atoms with E-state index in [-0.39, 0.29) is 6.04 Å². The Morgan fingerprint density at radius 2 is 2.16 bits per heavy atom. The van der Waals surface area contributed by atoms with Gasteiger partial charge in [-0.2, -0.15) is 17.4 Å². The van der Waals surface area contributed by atoms with E-state index in [9.17, 15) is 8.42 Å². The van der Waals surface area contributed by atoms with Crippen LogP contribution in [0.4, 0.5) is 0 Å². The van der Waals surface area contributed by atoms with Crippen molar-refractivity contribution in [1.29, 1.82) is 0 Å². The van der Waals surface area contributed by atoms with E-state index in [1.807, 2.05) is 19.1 Å². The van der Waals surface area contributed by atoms with Gasteiger partial charge in [0.05, 0.1) is 19.5 Å². The molecule has 1 atom stereocenters. The van der Waals surface area contributed by atoms with Crippen LogP contribution in [0, 0.1) is 0 Å². The van der Waals surface area contributed by atoms with Crippen LogP contribution in [0.1, 0.15) is 19.1 Å². The van der Waals surface area contributed by atoms with Crippen molar-refractivity contribution in [2.75, 3.05) is 26.3 Å². The van der Waals surface area contributed by atoms with Gasteiger partial charge in [-0.25, -0.2) is 0 Å². The zero-order chi connectivity index (χ0) is 13.7. The first-order chi connectivity index (χ1) is 9.08. The molecule has 0 amide bonds. The van der Waals surface area contributed by atoms with Gasteiger partial charge in [-0.05, 0) is 25.5 Å².